The summed E-state index contributed by atoms with van der Waals surface area (Å²) in [6, 6.07) is 22.1. The molecule has 1 fully saturated rings. The normalized spacial score (nSPS) is 15.7. The number of rotatable bonds is 6. The first kappa shape index (κ1) is 21.2. The van der Waals surface area contributed by atoms with Crippen LogP contribution in [0.1, 0.15) is 12.0 Å². The molecule has 1 saturated heterocycles. The van der Waals surface area contributed by atoms with Crippen LogP contribution in [0.4, 0.5) is 11.4 Å². The molecule has 1 heterocycles. The highest BCUT2D eigenvalue weighted by atomic mass is 35.5. The van der Waals surface area contributed by atoms with Crippen molar-refractivity contribution < 1.29 is 14.3 Å². The summed E-state index contributed by atoms with van der Waals surface area (Å²) < 4.78 is 5.79. The van der Waals surface area contributed by atoms with Crippen molar-refractivity contribution in [3.63, 3.8) is 0 Å². The van der Waals surface area contributed by atoms with Crippen LogP contribution in [-0.2, 0) is 16.2 Å². The van der Waals surface area contributed by atoms with Crippen molar-refractivity contribution in [1.82, 2.24) is 0 Å². The molecule has 1 N–H and O–H groups in total. The van der Waals surface area contributed by atoms with E-state index in [4.69, 9.17) is 27.9 Å². The third kappa shape index (κ3) is 5.19. The van der Waals surface area contributed by atoms with E-state index in [1.54, 1.807) is 23.1 Å². The van der Waals surface area contributed by atoms with Gasteiger partial charge in [-0.15, -0.1) is 0 Å². The molecule has 0 spiro atoms. The molecule has 0 aliphatic carbocycles. The lowest BCUT2D eigenvalue weighted by atomic mass is 10.1. The summed E-state index contributed by atoms with van der Waals surface area (Å²) in [5, 5.41) is 3.58. The van der Waals surface area contributed by atoms with Crippen molar-refractivity contribution in [2.24, 2.45) is 5.92 Å². The van der Waals surface area contributed by atoms with E-state index in [9.17, 15) is 9.59 Å². The zero-order valence-corrected chi connectivity index (χ0v) is 18.1. The largest absolute Gasteiger partial charge is 0.489 e. The molecule has 1 aliphatic rings. The lowest BCUT2D eigenvalue weighted by molar-refractivity contribution is -0.122. The van der Waals surface area contributed by atoms with E-state index in [1.165, 1.54) is 0 Å². The van der Waals surface area contributed by atoms with Crippen LogP contribution in [0.5, 0.6) is 5.75 Å². The van der Waals surface area contributed by atoms with Gasteiger partial charge in [-0.3, -0.25) is 9.59 Å². The maximum atomic E-state index is 12.6. The molecule has 2 amide bonds. The Bertz CT molecular complexity index is 1090. The zero-order chi connectivity index (χ0) is 21.8. The molecule has 3 aromatic rings. The van der Waals surface area contributed by atoms with Gasteiger partial charge in [-0.2, -0.15) is 0 Å². The third-order valence-electron chi connectivity index (χ3n) is 5.08. The fourth-order valence-electron chi connectivity index (χ4n) is 3.41. The molecule has 31 heavy (non-hydrogen) atoms. The van der Waals surface area contributed by atoms with Gasteiger partial charge in [0.2, 0.25) is 11.8 Å². The van der Waals surface area contributed by atoms with Crippen LogP contribution < -0.4 is 15.0 Å². The van der Waals surface area contributed by atoms with E-state index in [1.807, 2.05) is 54.6 Å². The lowest BCUT2D eigenvalue weighted by Gasteiger charge is -2.17. The average molecular weight is 455 g/mol. The number of nitrogens with one attached hydrogen (secondary N) is 1. The number of nitrogens with zero attached hydrogens (tertiary/aromatic N) is 1. The van der Waals surface area contributed by atoms with Crippen LogP contribution in [0.2, 0.25) is 10.0 Å². The van der Waals surface area contributed by atoms with Gasteiger partial charge in [-0.1, -0.05) is 53.5 Å². The molecule has 1 atom stereocenters. The molecule has 0 saturated carbocycles. The fraction of sp³-hybridized carbons (Fsp3) is 0.167. The van der Waals surface area contributed by atoms with E-state index in [-0.39, 0.29) is 18.2 Å². The summed E-state index contributed by atoms with van der Waals surface area (Å²) in [5.74, 6) is -0.0478. The smallest absolute Gasteiger partial charge is 0.229 e. The van der Waals surface area contributed by atoms with E-state index in [0.717, 1.165) is 11.3 Å². The van der Waals surface area contributed by atoms with Crippen LogP contribution in [0.25, 0.3) is 0 Å². The molecule has 0 bridgehead atoms. The molecular formula is C24H20Cl2N2O3. The van der Waals surface area contributed by atoms with E-state index >= 15 is 0 Å². The minimum absolute atomic E-state index is 0.0905. The molecule has 0 aromatic heterocycles. The minimum Gasteiger partial charge on any atom is -0.489 e. The van der Waals surface area contributed by atoms with Gasteiger partial charge >= 0.3 is 0 Å². The lowest BCUT2D eigenvalue weighted by Crippen LogP contribution is -2.28. The van der Waals surface area contributed by atoms with Crippen LogP contribution in [-0.4, -0.2) is 18.4 Å². The second-order valence-electron chi connectivity index (χ2n) is 7.29. The summed E-state index contributed by atoms with van der Waals surface area (Å²) in [4.78, 5) is 26.8. The van der Waals surface area contributed by atoms with E-state index < -0.39 is 5.92 Å². The number of anilines is 2. The Hall–Kier alpha value is -3.02. The Labute approximate surface area is 190 Å². The Morgan fingerprint density at radius 3 is 2.45 bits per heavy atom. The van der Waals surface area contributed by atoms with Crippen molar-refractivity contribution in [2.45, 2.75) is 13.0 Å². The first-order chi connectivity index (χ1) is 15.0. The van der Waals surface area contributed by atoms with Gasteiger partial charge in [-0.25, -0.2) is 0 Å². The SMILES string of the molecule is O=C(Nc1ccc(Cl)c(Cl)c1)[C@H]1CC(=O)N(c2ccc(OCc3ccccc3)cc2)C1. The van der Waals surface area contributed by atoms with Crippen LogP contribution in [0, 0.1) is 5.92 Å². The zero-order valence-electron chi connectivity index (χ0n) is 16.6. The van der Waals surface area contributed by atoms with Gasteiger partial charge in [-0.05, 0) is 48.0 Å². The quantitative estimate of drug-likeness (QED) is 0.529. The molecule has 7 heteroatoms. The molecule has 0 unspecified atom stereocenters. The van der Waals surface area contributed by atoms with Crippen LogP contribution in [0.3, 0.4) is 0 Å². The molecule has 158 valence electrons. The highest BCUT2D eigenvalue weighted by Gasteiger charge is 2.35. The van der Waals surface area contributed by atoms with Gasteiger partial charge in [0, 0.05) is 24.3 Å². The number of ether oxygens (including phenoxy) is 1. The van der Waals surface area contributed by atoms with Gasteiger partial charge < -0.3 is 15.0 Å². The first-order valence-corrected chi connectivity index (χ1v) is 10.6. The maximum absolute atomic E-state index is 12.6. The Kier molecular flexibility index (Phi) is 6.44. The first-order valence-electron chi connectivity index (χ1n) is 9.82. The number of carbonyl (C=O) groups is 2. The fourth-order valence-corrected chi connectivity index (χ4v) is 3.71. The molecule has 4 rings (SSSR count). The second kappa shape index (κ2) is 9.41. The highest BCUT2D eigenvalue weighted by Crippen LogP contribution is 2.29. The summed E-state index contributed by atoms with van der Waals surface area (Å²) >= 11 is 11.9. The van der Waals surface area contributed by atoms with Crippen molar-refractivity contribution in [3.8, 4) is 5.75 Å². The number of halogens is 2. The third-order valence-corrected chi connectivity index (χ3v) is 5.82. The molecule has 3 aromatic carbocycles. The summed E-state index contributed by atoms with van der Waals surface area (Å²) in [5.41, 5.74) is 2.37. The number of amides is 2. The Morgan fingerprint density at radius 1 is 1.00 bits per heavy atom. The van der Waals surface area contributed by atoms with Gasteiger partial charge in [0.1, 0.15) is 12.4 Å². The summed E-state index contributed by atoms with van der Waals surface area (Å²) in [7, 11) is 0. The van der Waals surface area contributed by atoms with Crippen molar-refractivity contribution in [1.29, 1.82) is 0 Å². The monoisotopic (exact) mass is 454 g/mol. The van der Waals surface area contributed by atoms with Crippen molar-refractivity contribution in [3.05, 3.63) is 88.4 Å². The van der Waals surface area contributed by atoms with Crippen LogP contribution in [0.15, 0.2) is 72.8 Å². The maximum Gasteiger partial charge on any atom is 0.229 e. The topological polar surface area (TPSA) is 58.6 Å². The van der Waals surface area contributed by atoms with E-state index in [2.05, 4.69) is 5.32 Å². The number of benzene rings is 3. The van der Waals surface area contributed by atoms with Crippen molar-refractivity contribution >= 4 is 46.4 Å². The number of carbonyl (C=O) groups excluding carboxylic acids is 2. The van der Waals surface area contributed by atoms with Crippen molar-refractivity contribution in [2.75, 3.05) is 16.8 Å². The summed E-state index contributed by atoms with van der Waals surface area (Å²) in [6.45, 7) is 0.788. The predicted molar refractivity (Wildman–Crippen MR) is 123 cm³/mol. The second-order valence-corrected chi connectivity index (χ2v) is 8.11. The Morgan fingerprint density at radius 2 is 1.74 bits per heavy atom. The van der Waals surface area contributed by atoms with Gasteiger partial charge in [0.05, 0.1) is 16.0 Å². The van der Waals surface area contributed by atoms with E-state index in [0.29, 0.717) is 34.6 Å². The average Bonchev–Trinajstić information content (AvgIpc) is 3.18. The van der Waals surface area contributed by atoms with Gasteiger partial charge in [0.25, 0.3) is 0 Å². The predicted octanol–water partition coefficient (Wildman–Crippen LogP) is 5.56. The Balaban J connectivity index is 1.36. The standard InChI is InChI=1S/C24H20Cl2N2O3/c25-21-11-6-18(13-22(21)26)27-24(30)17-12-23(29)28(14-17)19-7-9-20(10-8-19)31-15-16-4-2-1-3-5-16/h1-11,13,17H,12,14-15H2,(H,27,30)/t17-/m0/s1. The van der Waals surface area contributed by atoms with Gasteiger partial charge in [0.15, 0.2) is 0 Å². The minimum atomic E-state index is -0.448. The molecular weight excluding hydrogens is 435 g/mol. The molecule has 1 aliphatic heterocycles. The number of hydrogen-bond donors (Lipinski definition) is 1. The highest BCUT2D eigenvalue weighted by molar-refractivity contribution is 6.42. The number of hydrogen-bond acceptors (Lipinski definition) is 3. The van der Waals surface area contributed by atoms with Crippen LogP contribution >= 0.6 is 23.2 Å². The summed E-state index contributed by atoms with van der Waals surface area (Å²) in [6.07, 6.45) is 0.152. The molecule has 0 radical (unpaired) electrons. The molecule has 5 nitrogen and oxygen atoms in total.